The largest absolute Gasteiger partial charge is 0.323 e. The van der Waals surface area contributed by atoms with Gasteiger partial charge < -0.3 is 10.6 Å². The van der Waals surface area contributed by atoms with Gasteiger partial charge in [-0.3, -0.25) is 4.79 Å². The summed E-state index contributed by atoms with van der Waals surface area (Å²) in [6.07, 6.45) is 2.23. The van der Waals surface area contributed by atoms with Crippen molar-refractivity contribution in [3.05, 3.63) is 28.8 Å². The molecule has 1 heterocycles. The van der Waals surface area contributed by atoms with Gasteiger partial charge >= 0.3 is 0 Å². The molecular weight excluding hydrogens is 248 g/mol. The van der Waals surface area contributed by atoms with Gasteiger partial charge in [0.05, 0.1) is 16.8 Å². The van der Waals surface area contributed by atoms with E-state index in [1.54, 1.807) is 0 Å². The SMILES string of the molecule is Cc1ccc(NC(=O)C2NCCCC2C)c(Cl)c1. The van der Waals surface area contributed by atoms with E-state index >= 15 is 0 Å². The predicted molar refractivity (Wildman–Crippen MR) is 75.0 cm³/mol. The zero-order valence-corrected chi connectivity index (χ0v) is 11.6. The minimum atomic E-state index is -0.115. The molecule has 1 fully saturated rings. The van der Waals surface area contributed by atoms with Crippen LogP contribution in [0.4, 0.5) is 5.69 Å². The number of rotatable bonds is 2. The monoisotopic (exact) mass is 266 g/mol. The molecule has 2 unspecified atom stereocenters. The van der Waals surface area contributed by atoms with Crippen LogP contribution >= 0.6 is 11.6 Å². The van der Waals surface area contributed by atoms with Gasteiger partial charge in [-0.15, -0.1) is 0 Å². The first-order chi connectivity index (χ1) is 8.58. The fraction of sp³-hybridized carbons (Fsp3) is 0.500. The Labute approximate surface area is 113 Å². The molecule has 0 saturated carbocycles. The topological polar surface area (TPSA) is 41.1 Å². The fourth-order valence-electron chi connectivity index (χ4n) is 2.33. The summed E-state index contributed by atoms with van der Waals surface area (Å²) in [5.41, 5.74) is 1.77. The van der Waals surface area contributed by atoms with E-state index in [-0.39, 0.29) is 11.9 Å². The number of carbonyl (C=O) groups excluding carboxylic acids is 1. The Morgan fingerprint density at radius 2 is 2.28 bits per heavy atom. The molecule has 1 saturated heterocycles. The number of piperidine rings is 1. The zero-order valence-electron chi connectivity index (χ0n) is 10.8. The summed E-state index contributed by atoms with van der Waals surface area (Å²) < 4.78 is 0. The first-order valence-corrected chi connectivity index (χ1v) is 6.76. The lowest BCUT2D eigenvalue weighted by Crippen LogP contribution is -2.48. The highest BCUT2D eigenvalue weighted by Crippen LogP contribution is 2.24. The summed E-state index contributed by atoms with van der Waals surface area (Å²) in [5.74, 6) is 0.371. The number of anilines is 1. The molecule has 4 heteroatoms. The van der Waals surface area contributed by atoms with Gasteiger partial charge in [-0.1, -0.05) is 24.6 Å². The van der Waals surface area contributed by atoms with Gasteiger partial charge in [-0.2, -0.15) is 0 Å². The van der Waals surface area contributed by atoms with E-state index in [2.05, 4.69) is 17.6 Å². The van der Waals surface area contributed by atoms with Crippen LogP contribution in [0.3, 0.4) is 0 Å². The number of hydrogen-bond donors (Lipinski definition) is 2. The smallest absolute Gasteiger partial charge is 0.241 e. The first kappa shape index (κ1) is 13.4. The van der Waals surface area contributed by atoms with Crippen LogP contribution in [0.1, 0.15) is 25.3 Å². The van der Waals surface area contributed by atoms with Crippen molar-refractivity contribution >= 4 is 23.2 Å². The van der Waals surface area contributed by atoms with E-state index in [9.17, 15) is 4.79 Å². The Balaban J connectivity index is 2.06. The van der Waals surface area contributed by atoms with Gasteiger partial charge in [-0.05, 0) is 49.9 Å². The molecule has 3 nitrogen and oxygen atoms in total. The van der Waals surface area contributed by atoms with Gasteiger partial charge in [0.1, 0.15) is 0 Å². The molecule has 2 atom stereocenters. The molecule has 0 bridgehead atoms. The molecular formula is C14H19ClN2O. The lowest BCUT2D eigenvalue weighted by Gasteiger charge is -2.29. The summed E-state index contributed by atoms with van der Waals surface area (Å²) >= 11 is 6.11. The lowest BCUT2D eigenvalue weighted by atomic mass is 9.92. The molecule has 1 aromatic carbocycles. The van der Waals surface area contributed by atoms with Crippen LogP contribution in [-0.2, 0) is 4.79 Å². The predicted octanol–water partition coefficient (Wildman–Crippen LogP) is 2.98. The summed E-state index contributed by atoms with van der Waals surface area (Å²) in [6.45, 7) is 4.99. The van der Waals surface area contributed by atoms with Crippen LogP contribution in [0.5, 0.6) is 0 Å². The van der Waals surface area contributed by atoms with Crippen LogP contribution < -0.4 is 10.6 Å². The number of halogens is 1. The van der Waals surface area contributed by atoms with Crippen LogP contribution in [0.15, 0.2) is 18.2 Å². The third-order valence-corrected chi connectivity index (χ3v) is 3.75. The molecule has 0 aliphatic carbocycles. The summed E-state index contributed by atoms with van der Waals surface area (Å²) in [7, 11) is 0. The second kappa shape index (κ2) is 5.72. The van der Waals surface area contributed by atoms with Crippen molar-refractivity contribution in [1.82, 2.24) is 5.32 Å². The summed E-state index contributed by atoms with van der Waals surface area (Å²) in [6, 6.07) is 5.54. The molecule has 1 aliphatic rings. The molecule has 98 valence electrons. The van der Waals surface area contributed by atoms with E-state index in [0.717, 1.165) is 24.9 Å². The summed E-state index contributed by atoms with van der Waals surface area (Å²) in [4.78, 5) is 12.2. The van der Waals surface area contributed by atoms with Crippen molar-refractivity contribution in [1.29, 1.82) is 0 Å². The highest BCUT2D eigenvalue weighted by atomic mass is 35.5. The maximum atomic E-state index is 12.2. The minimum absolute atomic E-state index is 0.00736. The number of benzene rings is 1. The van der Waals surface area contributed by atoms with Gasteiger partial charge in [0.25, 0.3) is 0 Å². The number of carbonyl (C=O) groups is 1. The Morgan fingerprint density at radius 3 is 2.94 bits per heavy atom. The number of aryl methyl sites for hydroxylation is 1. The zero-order chi connectivity index (χ0) is 13.1. The van der Waals surface area contributed by atoms with Crippen LogP contribution in [-0.4, -0.2) is 18.5 Å². The highest BCUT2D eigenvalue weighted by Gasteiger charge is 2.27. The molecule has 1 aromatic rings. The van der Waals surface area contributed by atoms with Crippen molar-refractivity contribution in [2.75, 3.05) is 11.9 Å². The molecule has 0 spiro atoms. The Morgan fingerprint density at radius 1 is 1.50 bits per heavy atom. The molecule has 2 N–H and O–H groups in total. The second-order valence-electron chi connectivity index (χ2n) is 5.02. The minimum Gasteiger partial charge on any atom is -0.323 e. The first-order valence-electron chi connectivity index (χ1n) is 6.38. The fourth-order valence-corrected chi connectivity index (χ4v) is 2.61. The Kier molecular flexibility index (Phi) is 4.25. The molecule has 2 rings (SSSR count). The maximum Gasteiger partial charge on any atom is 0.241 e. The number of hydrogen-bond acceptors (Lipinski definition) is 2. The van der Waals surface area contributed by atoms with Crippen molar-refractivity contribution in [2.45, 2.75) is 32.7 Å². The van der Waals surface area contributed by atoms with Crippen molar-refractivity contribution in [3.8, 4) is 0 Å². The third kappa shape index (κ3) is 3.03. The van der Waals surface area contributed by atoms with E-state index in [1.807, 2.05) is 25.1 Å². The average molecular weight is 267 g/mol. The maximum absolute atomic E-state index is 12.2. The van der Waals surface area contributed by atoms with Gasteiger partial charge in [0, 0.05) is 0 Å². The standard InChI is InChI=1S/C14H19ClN2O/c1-9-5-6-12(11(15)8-9)17-14(18)13-10(2)4-3-7-16-13/h5-6,8,10,13,16H,3-4,7H2,1-2H3,(H,17,18). The van der Waals surface area contributed by atoms with E-state index in [0.29, 0.717) is 16.6 Å². The number of nitrogens with one attached hydrogen (secondary N) is 2. The van der Waals surface area contributed by atoms with Crippen LogP contribution in [0.25, 0.3) is 0 Å². The summed E-state index contributed by atoms with van der Waals surface area (Å²) in [5, 5.41) is 6.76. The Hall–Kier alpha value is -1.06. The molecule has 0 radical (unpaired) electrons. The average Bonchev–Trinajstić information content (AvgIpc) is 2.33. The van der Waals surface area contributed by atoms with E-state index in [1.165, 1.54) is 0 Å². The third-order valence-electron chi connectivity index (χ3n) is 3.43. The molecule has 18 heavy (non-hydrogen) atoms. The van der Waals surface area contributed by atoms with Gasteiger partial charge in [0.2, 0.25) is 5.91 Å². The normalized spacial score (nSPS) is 23.7. The molecule has 0 aromatic heterocycles. The quantitative estimate of drug-likeness (QED) is 0.864. The highest BCUT2D eigenvalue weighted by molar-refractivity contribution is 6.33. The molecule has 1 amide bonds. The van der Waals surface area contributed by atoms with Crippen molar-refractivity contribution in [2.24, 2.45) is 5.92 Å². The van der Waals surface area contributed by atoms with Gasteiger partial charge in [-0.25, -0.2) is 0 Å². The molecule has 1 aliphatic heterocycles. The lowest BCUT2D eigenvalue weighted by molar-refractivity contribution is -0.119. The number of amides is 1. The van der Waals surface area contributed by atoms with E-state index < -0.39 is 0 Å². The van der Waals surface area contributed by atoms with E-state index in [4.69, 9.17) is 11.6 Å². The van der Waals surface area contributed by atoms with Crippen LogP contribution in [0, 0.1) is 12.8 Å². The second-order valence-corrected chi connectivity index (χ2v) is 5.43. The van der Waals surface area contributed by atoms with Gasteiger partial charge in [0.15, 0.2) is 0 Å². The Bertz CT molecular complexity index is 447. The van der Waals surface area contributed by atoms with Crippen molar-refractivity contribution in [3.63, 3.8) is 0 Å². The van der Waals surface area contributed by atoms with Crippen LogP contribution in [0.2, 0.25) is 5.02 Å². The van der Waals surface area contributed by atoms with Crippen molar-refractivity contribution < 1.29 is 4.79 Å².